The quantitative estimate of drug-likeness (QED) is 0.590. The third-order valence-electron chi connectivity index (χ3n) is 6.56. The van der Waals surface area contributed by atoms with Crippen molar-refractivity contribution in [2.24, 2.45) is 0 Å². The van der Waals surface area contributed by atoms with Gasteiger partial charge in [-0.25, -0.2) is 4.98 Å². The lowest BCUT2D eigenvalue weighted by molar-refractivity contribution is -0.122. The van der Waals surface area contributed by atoms with Gasteiger partial charge < -0.3 is 20.1 Å². The van der Waals surface area contributed by atoms with Crippen molar-refractivity contribution in [3.05, 3.63) is 35.6 Å². The third-order valence-corrected chi connectivity index (χ3v) is 6.56. The lowest BCUT2D eigenvalue weighted by atomic mass is 9.89. The predicted molar refractivity (Wildman–Crippen MR) is 123 cm³/mol. The average molecular weight is 455 g/mol. The topological polar surface area (TPSA) is 113 Å². The number of amides is 2. The lowest BCUT2D eigenvalue weighted by Crippen LogP contribution is -2.45. The van der Waals surface area contributed by atoms with E-state index < -0.39 is 5.54 Å². The molecular formula is C24H34N6O3. The summed E-state index contributed by atoms with van der Waals surface area (Å²) in [7, 11) is 0. The molecule has 3 heterocycles. The Bertz CT molecular complexity index is 945. The number of aryl methyl sites for hydroxylation is 1. The highest BCUT2D eigenvalue weighted by molar-refractivity contribution is 5.76. The van der Waals surface area contributed by atoms with Crippen molar-refractivity contribution in [3.8, 4) is 0 Å². The first-order chi connectivity index (χ1) is 16.0. The van der Waals surface area contributed by atoms with Gasteiger partial charge in [0.2, 0.25) is 17.7 Å². The van der Waals surface area contributed by atoms with E-state index in [1.54, 1.807) is 6.20 Å². The summed E-state index contributed by atoms with van der Waals surface area (Å²) in [6.45, 7) is 4.06. The Morgan fingerprint density at radius 3 is 2.61 bits per heavy atom. The lowest BCUT2D eigenvalue weighted by Gasteiger charge is -2.30. The molecule has 4 rings (SSSR count). The molecule has 178 valence electrons. The molecule has 2 fully saturated rings. The van der Waals surface area contributed by atoms with Crippen LogP contribution in [0, 0.1) is 0 Å². The Morgan fingerprint density at radius 1 is 1.12 bits per heavy atom. The maximum Gasteiger partial charge on any atom is 0.227 e. The van der Waals surface area contributed by atoms with Crippen molar-refractivity contribution in [3.63, 3.8) is 0 Å². The summed E-state index contributed by atoms with van der Waals surface area (Å²) in [5, 5.41) is 10.2. The van der Waals surface area contributed by atoms with Crippen molar-refractivity contribution >= 4 is 17.6 Å². The van der Waals surface area contributed by atoms with E-state index >= 15 is 0 Å². The van der Waals surface area contributed by atoms with Gasteiger partial charge in [-0.2, -0.15) is 4.98 Å². The Morgan fingerprint density at radius 2 is 1.88 bits per heavy atom. The summed E-state index contributed by atoms with van der Waals surface area (Å²) in [6.07, 6.45) is 10.7. The van der Waals surface area contributed by atoms with E-state index in [4.69, 9.17) is 4.52 Å². The van der Waals surface area contributed by atoms with Crippen molar-refractivity contribution < 1.29 is 14.1 Å². The summed E-state index contributed by atoms with van der Waals surface area (Å²) >= 11 is 0. The predicted octanol–water partition coefficient (Wildman–Crippen LogP) is 3.00. The molecule has 1 saturated heterocycles. The monoisotopic (exact) mass is 454 g/mol. The van der Waals surface area contributed by atoms with Crippen LogP contribution in [0.3, 0.4) is 0 Å². The van der Waals surface area contributed by atoms with Gasteiger partial charge >= 0.3 is 0 Å². The smallest absolute Gasteiger partial charge is 0.227 e. The number of nitrogens with zero attached hydrogens (tertiary/aromatic N) is 4. The van der Waals surface area contributed by atoms with Gasteiger partial charge in [0.1, 0.15) is 11.4 Å². The summed E-state index contributed by atoms with van der Waals surface area (Å²) in [5.41, 5.74) is 0.465. The van der Waals surface area contributed by atoms with Crippen LogP contribution < -0.4 is 15.5 Å². The first-order valence-corrected chi connectivity index (χ1v) is 12.1. The van der Waals surface area contributed by atoms with Crippen LogP contribution in [-0.2, 0) is 28.1 Å². The molecule has 2 aromatic rings. The number of nitrogens with one attached hydrogen (secondary N) is 2. The van der Waals surface area contributed by atoms with Crippen molar-refractivity contribution in [1.29, 1.82) is 0 Å². The normalized spacial score (nSPS) is 18.0. The van der Waals surface area contributed by atoms with Gasteiger partial charge in [-0.3, -0.25) is 9.59 Å². The molecule has 2 amide bonds. The third kappa shape index (κ3) is 6.09. The fourth-order valence-corrected chi connectivity index (χ4v) is 4.82. The van der Waals surface area contributed by atoms with Crippen LogP contribution in [0.15, 0.2) is 22.9 Å². The minimum absolute atomic E-state index is 0.0691. The minimum atomic E-state index is -0.569. The highest BCUT2D eigenvalue weighted by Crippen LogP contribution is 2.34. The second kappa shape index (κ2) is 10.8. The standard InChI is InChI=1S/C24H34N6O3/c1-18(31)28-24(11-4-2-3-5-12-24)23-27-22(33-29-23)9-8-21(32)26-17-19-10-13-25-20(16-19)30-14-6-7-15-30/h10,13,16H,2-9,11-12,14-15,17H2,1H3,(H,26,32)(H,28,31). The molecule has 2 N–H and O–H groups in total. The fourth-order valence-electron chi connectivity index (χ4n) is 4.82. The minimum Gasteiger partial charge on any atom is -0.357 e. The van der Waals surface area contributed by atoms with Crippen LogP contribution in [0.4, 0.5) is 5.82 Å². The van der Waals surface area contributed by atoms with E-state index in [-0.39, 0.29) is 18.2 Å². The van der Waals surface area contributed by atoms with Crippen LogP contribution in [0.5, 0.6) is 0 Å². The molecule has 0 atom stereocenters. The number of pyridine rings is 1. The van der Waals surface area contributed by atoms with Crippen LogP contribution in [0.25, 0.3) is 0 Å². The average Bonchev–Trinajstić information content (AvgIpc) is 3.46. The SMILES string of the molecule is CC(=O)NC1(c2noc(CCC(=O)NCc3ccnc(N4CCCC4)c3)n2)CCCCCC1. The molecule has 1 aliphatic heterocycles. The molecule has 0 spiro atoms. The second-order valence-corrected chi connectivity index (χ2v) is 9.18. The molecule has 1 aliphatic carbocycles. The van der Waals surface area contributed by atoms with Crippen molar-refractivity contribution in [1.82, 2.24) is 25.8 Å². The summed E-state index contributed by atoms with van der Waals surface area (Å²) in [4.78, 5) is 35.6. The molecule has 0 bridgehead atoms. The molecule has 0 unspecified atom stereocenters. The Hall–Kier alpha value is -2.97. The van der Waals surface area contributed by atoms with Gasteiger partial charge in [0.25, 0.3) is 0 Å². The van der Waals surface area contributed by atoms with Crippen molar-refractivity contribution in [2.45, 2.75) is 83.2 Å². The molecule has 33 heavy (non-hydrogen) atoms. The van der Waals surface area contributed by atoms with E-state index in [0.29, 0.717) is 24.7 Å². The second-order valence-electron chi connectivity index (χ2n) is 9.18. The molecule has 9 heteroatoms. The Labute approximate surface area is 194 Å². The first-order valence-electron chi connectivity index (χ1n) is 12.1. The van der Waals surface area contributed by atoms with Gasteiger partial charge in [-0.15, -0.1) is 0 Å². The number of rotatable bonds is 8. The summed E-state index contributed by atoms with van der Waals surface area (Å²) < 4.78 is 5.44. The number of aromatic nitrogens is 3. The maximum atomic E-state index is 12.4. The van der Waals surface area contributed by atoms with Gasteiger partial charge in [0, 0.05) is 45.6 Å². The molecule has 9 nitrogen and oxygen atoms in total. The van der Waals surface area contributed by atoms with Crippen LogP contribution in [0.1, 0.15) is 82.0 Å². The zero-order chi connectivity index (χ0) is 23.1. The van der Waals surface area contributed by atoms with Gasteiger partial charge in [-0.05, 0) is 43.4 Å². The number of hydrogen-bond donors (Lipinski definition) is 2. The van der Waals surface area contributed by atoms with Crippen LogP contribution >= 0.6 is 0 Å². The largest absolute Gasteiger partial charge is 0.357 e. The van der Waals surface area contributed by atoms with E-state index in [1.807, 2.05) is 12.1 Å². The zero-order valence-corrected chi connectivity index (χ0v) is 19.4. The molecule has 2 aromatic heterocycles. The molecule has 1 saturated carbocycles. The van der Waals surface area contributed by atoms with E-state index in [0.717, 1.165) is 63.0 Å². The van der Waals surface area contributed by atoms with Gasteiger partial charge in [0.15, 0.2) is 5.82 Å². The highest BCUT2D eigenvalue weighted by Gasteiger charge is 2.38. The van der Waals surface area contributed by atoms with E-state index in [2.05, 4.69) is 30.7 Å². The van der Waals surface area contributed by atoms with Crippen LogP contribution in [-0.4, -0.2) is 40.0 Å². The summed E-state index contributed by atoms with van der Waals surface area (Å²) in [5.74, 6) is 1.77. The van der Waals surface area contributed by atoms with Crippen molar-refractivity contribution in [2.75, 3.05) is 18.0 Å². The van der Waals surface area contributed by atoms with Gasteiger partial charge in [-0.1, -0.05) is 30.8 Å². The molecule has 0 radical (unpaired) electrons. The van der Waals surface area contributed by atoms with E-state index in [9.17, 15) is 9.59 Å². The summed E-state index contributed by atoms with van der Waals surface area (Å²) in [6, 6.07) is 3.97. The zero-order valence-electron chi connectivity index (χ0n) is 19.4. The van der Waals surface area contributed by atoms with Gasteiger partial charge in [0.05, 0.1) is 0 Å². The number of anilines is 1. The number of carbonyl (C=O) groups excluding carboxylic acids is 2. The first kappa shape index (κ1) is 23.2. The fraction of sp³-hybridized carbons (Fsp3) is 0.625. The molecule has 2 aliphatic rings. The Kier molecular flexibility index (Phi) is 7.57. The van der Waals surface area contributed by atoms with Crippen LogP contribution in [0.2, 0.25) is 0 Å². The van der Waals surface area contributed by atoms with E-state index in [1.165, 1.54) is 19.8 Å². The highest BCUT2D eigenvalue weighted by atomic mass is 16.5. The molecule has 0 aromatic carbocycles. The molecular weight excluding hydrogens is 420 g/mol. The number of carbonyl (C=O) groups is 2. The maximum absolute atomic E-state index is 12.4. The Balaban J connectivity index is 1.30. The number of hydrogen-bond acceptors (Lipinski definition) is 7.